The smallest absolute Gasteiger partial charge is 0.180 e. The second-order valence-electron chi connectivity index (χ2n) is 3.60. The minimum absolute atomic E-state index is 0.576. The zero-order valence-electron chi connectivity index (χ0n) is 9.37. The first-order valence-corrected chi connectivity index (χ1v) is 6.16. The van der Waals surface area contributed by atoms with Gasteiger partial charge >= 0.3 is 0 Å². The van der Waals surface area contributed by atoms with Gasteiger partial charge in [-0.15, -0.1) is 11.3 Å². The Morgan fingerprint density at radius 2 is 2.39 bits per heavy atom. The van der Waals surface area contributed by atoms with Crippen molar-refractivity contribution in [2.45, 2.75) is 6.54 Å². The van der Waals surface area contributed by atoms with Crippen LogP contribution in [-0.4, -0.2) is 19.4 Å². The van der Waals surface area contributed by atoms with Crippen LogP contribution in [0, 0.1) is 0 Å². The molecular weight excluding hydrogens is 250 g/mol. The fourth-order valence-corrected chi connectivity index (χ4v) is 2.15. The van der Waals surface area contributed by atoms with Crippen LogP contribution in [0.15, 0.2) is 30.3 Å². The molecule has 4 N–H and O–H groups in total. The molecular formula is C10H11N7S. The molecule has 3 aromatic rings. The van der Waals surface area contributed by atoms with Crippen molar-refractivity contribution in [2.24, 2.45) is 5.84 Å². The first kappa shape index (κ1) is 10.9. The van der Waals surface area contributed by atoms with Gasteiger partial charge in [-0.3, -0.25) is 4.98 Å². The molecule has 0 spiro atoms. The highest BCUT2D eigenvalue weighted by molar-refractivity contribution is 7.09. The fraction of sp³-hybridized carbons (Fsp3) is 0.100. The minimum Gasteiger partial charge on any atom is -0.362 e. The first-order valence-electron chi connectivity index (χ1n) is 5.28. The molecule has 0 radical (unpaired) electrons. The number of imidazole rings is 1. The highest BCUT2D eigenvalue weighted by Gasteiger charge is 2.07. The van der Waals surface area contributed by atoms with Crippen molar-refractivity contribution in [1.29, 1.82) is 0 Å². The van der Waals surface area contributed by atoms with E-state index in [1.54, 1.807) is 29.2 Å². The van der Waals surface area contributed by atoms with Crippen LogP contribution in [0.3, 0.4) is 0 Å². The van der Waals surface area contributed by atoms with Crippen LogP contribution < -0.4 is 16.6 Å². The summed E-state index contributed by atoms with van der Waals surface area (Å²) in [5.74, 6) is 6.65. The normalized spacial score (nSPS) is 10.7. The van der Waals surface area contributed by atoms with Gasteiger partial charge < -0.3 is 15.1 Å². The lowest BCUT2D eigenvalue weighted by Gasteiger charge is -2.08. The zero-order valence-corrected chi connectivity index (χ0v) is 10.2. The third-order valence-corrected chi connectivity index (χ3v) is 3.22. The van der Waals surface area contributed by atoms with Crippen LogP contribution in [0.25, 0.3) is 5.65 Å². The summed E-state index contributed by atoms with van der Waals surface area (Å²) in [6, 6.07) is 0. The number of nitrogen functional groups attached to an aromatic ring is 1. The molecule has 0 amide bonds. The van der Waals surface area contributed by atoms with E-state index in [-0.39, 0.29) is 0 Å². The molecule has 92 valence electrons. The number of nitrogens with zero attached hydrogens (tertiary/aromatic N) is 4. The molecule has 3 rings (SSSR count). The first-order chi connectivity index (χ1) is 8.86. The van der Waals surface area contributed by atoms with Gasteiger partial charge in [-0.2, -0.15) is 0 Å². The Balaban J connectivity index is 1.92. The number of anilines is 2. The van der Waals surface area contributed by atoms with Crippen LogP contribution in [0.5, 0.6) is 0 Å². The lowest BCUT2D eigenvalue weighted by molar-refractivity contribution is 1.07. The van der Waals surface area contributed by atoms with Crippen molar-refractivity contribution in [3.8, 4) is 0 Å². The Labute approximate surface area is 107 Å². The monoisotopic (exact) mass is 261 g/mol. The standard InChI is InChI=1S/C10H11N7S/c11-16-8-5-17-2-1-13-10(17)9(15-8)14-4-7-3-12-6-18-7/h1-3,5-6,16H,4,11H2,(H,14,15). The summed E-state index contributed by atoms with van der Waals surface area (Å²) >= 11 is 1.59. The molecule has 0 fully saturated rings. The highest BCUT2D eigenvalue weighted by Crippen LogP contribution is 2.17. The van der Waals surface area contributed by atoms with E-state index in [4.69, 9.17) is 5.84 Å². The summed E-state index contributed by atoms with van der Waals surface area (Å²) in [5.41, 5.74) is 5.09. The minimum atomic E-state index is 0.576. The van der Waals surface area contributed by atoms with Crippen LogP contribution in [0.1, 0.15) is 4.88 Å². The van der Waals surface area contributed by atoms with E-state index in [2.05, 4.69) is 25.7 Å². The van der Waals surface area contributed by atoms with Gasteiger partial charge in [0, 0.05) is 23.5 Å². The van der Waals surface area contributed by atoms with E-state index in [9.17, 15) is 0 Å². The van der Waals surface area contributed by atoms with Gasteiger partial charge in [0.1, 0.15) is 0 Å². The molecule has 8 heteroatoms. The van der Waals surface area contributed by atoms with E-state index in [0.717, 1.165) is 10.5 Å². The average molecular weight is 261 g/mol. The molecule has 3 aromatic heterocycles. The number of nitrogens with one attached hydrogen (secondary N) is 2. The molecule has 0 unspecified atom stereocenters. The summed E-state index contributed by atoms with van der Waals surface area (Å²) in [6.45, 7) is 0.661. The van der Waals surface area contributed by atoms with E-state index >= 15 is 0 Å². The molecule has 0 atom stereocenters. The Kier molecular flexibility index (Phi) is 2.79. The van der Waals surface area contributed by atoms with Gasteiger partial charge in [0.2, 0.25) is 0 Å². The number of fused-ring (bicyclic) bond motifs is 1. The average Bonchev–Trinajstić information content (AvgIpc) is 3.06. The number of nitrogens with two attached hydrogens (primary N) is 1. The quantitative estimate of drug-likeness (QED) is 0.481. The van der Waals surface area contributed by atoms with E-state index in [0.29, 0.717) is 18.2 Å². The van der Waals surface area contributed by atoms with Crippen molar-refractivity contribution < 1.29 is 0 Å². The SMILES string of the molecule is NNc1cn2ccnc2c(NCc2cncs2)n1. The molecule has 18 heavy (non-hydrogen) atoms. The maximum Gasteiger partial charge on any atom is 0.180 e. The summed E-state index contributed by atoms with van der Waals surface area (Å²) in [7, 11) is 0. The van der Waals surface area contributed by atoms with Crippen LogP contribution >= 0.6 is 11.3 Å². The largest absolute Gasteiger partial charge is 0.362 e. The molecule has 0 aliphatic heterocycles. The van der Waals surface area contributed by atoms with E-state index in [1.807, 2.05) is 16.8 Å². The summed E-state index contributed by atoms with van der Waals surface area (Å²) in [5, 5.41) is 3.23. The predicted octanol–water partition coefficient (Wildman–Crippen LogP) is 1.08. The third kappa shape index (κ3) is 1.98. The fourth-order valence-electron chi connectivity index (χ4n) is 1.62. The molecule has 0 saturated carbocycles. The second-order valence-corrected chi connectivity index (χ2v) is 4.57. The van der Waals surface area contributed by atoms with Crippen molar-refractivity contribution in [3.63, 3.8) is 0 Å². The number of rotatable bonds is 4. The van der Waals surface area contributed by atoms with Crippen molar-refractivity contribution in [3.05, 3.63) is 35.2 Å². The second kappa shape index (κ2) is 4.59. The van der Waals surface area contributed by atoms with Crippen LogP contribution in [-0.2, 0) is 6.54 Å². The number of hydrogen-bond donors (Lipinski definition) is 3. The van der Waals surface area contributed by atoms with Gasteiger partial charge in [-0.1, -0.05) is 0 Å². The molecule has 7 nitrogen and oxygen atoms in total. The van der Waals surface area contributed by atoms with Crippen molar-refractivity contribution in [2.75, 3.05) is 10.7 Å². The Morgan fingerprint density at radius 3 is 3.17 bits per heavy atom. The predicted molar refractivity (Wildman–Crippen MR) is 70.2 cm³/mol. The van der Waals surface area contributed by atoms with Gasteiger partial charge in [0.25, 0.3) is 0 Å². The number of thiazole rings is 1. The lowest BCUT2D eigenvalue weighted by atomic mass is 10.5. The van der Waals surface area contributed by atoms with Gasteiger partial charge in [0.15, 0.2) is 17.3 Å². The molecule has 0 aromatic carbocycles. The Hall–Kier alpha value is -2.19. The maximum atomic E-state index is 5.39. The third-order valence-electron chi connectivity index (χ3n) is 2.44. The van der Waals surface area contributed by atoms with Gasteiger partial charge in [-0.25, -0.2) is 15.8 Å². The van der Waals surface area contributed by atoms with Crippen LogP contribution in [0.2, 0.25) is 0 Å². The number of hydrogen-bond acceptors (Lipinski definition) is 7. The summed E-state index contributed by atoms with van der Waals surface area (Å²) < 4.78 is 1.86. The van der Waals surface area contributed by atoms with E-state index in [1.165, 1.54) is 0 Å². The summed E-state index contributed by atoms with van der Waals surface area (Å²) in [6.07, 6.45) is 7.16. The Morgan fingerprint density at radius 1 is 1.44 bits per heavy atom. The van der Waals surface area contributed by atoms with E-state index < -0.39 is 0 Å². The maximum absolute atomic E-state index is 5.39. The van der Waals surface area contributed by atoms with Crippen LogP contribution in [0.4, 0.5) is 11.6 Å². The highest BCUT2D eigenvalue weighted by atomic mass is 32.1. The molecule has 3 heterocycles. The topological polar surface area (TPSA) is 93.2 Å². The number of hydrazine groups is 1. The lowest BCUT2D eigenvalue weighted by Crippen LogP contribution is -2.11. The van der Waals surface area contributed by atoms with Crippen molar-refractivity contribution >= 4 is 28.6 Å². The van der Waals surface area contributed by atoms with Gasteiger partial charge in [-0.05, 0) is 0 Å². The molecule has 0 aliphatic rings. The number of aromatic nitrogens is 4. The summed E-state index contributed by atoms with van der Waals surface area (Å²) in [4.78, 5) is 13.8. The zero-order chi connectivity index (χ0) is 12.4. The Bertz CT molecular complexity index is 645. The molecule has 0 saturated heterocycles. The molecule has 0 bridgehead atoms. The van der Waals surface area contributed by atoms with Crippen molar-refractivity contribution in [1.82, 2.24) is 19.4 Å². The molecule has 0 aliphatic carbocycles. The van der Waals surface area contributed by atoms with Gasteiger partial charge in [0.05, 0.1) is 18.3 Å².